The van der Waals surface area contributed by atoms with Crippen molar-refractivity contribution >= 4 is 15.9 Å². The topological polar surface area (TPSA) is 20.2 Å². The molecule has 0 radical (unpaired) electrons. The highest BCUT2D eigenvalue weighted by Crippen LogP contribution is 2.28. The lowest BCUT2D eigenvalue weighted by Crippen LogP contribution is -1.98. The molecule has 1 aromatic rings. The van der Waals surface area contributed by atoms with Gasteiger partial charge in [-0.15, -0.1) is 0 Å². The third-order valence-electron chi connectivity index (χ3n) is 2.14. The zero-order valence-electron chi connectivity index (χ0n) is 8.05. The predicted molar refractivity (Wildman–Crippen MR) is 58.7 cm³/mol. The molecule has 13 heavy (non-hydrogen) atoms. The number of aliphatic hydroxyl groups excluding tert-OH is 1. The molecule has 0 bridgehead atoms. The molecule has 1 rings (SSSR count). The minimum absolute atomic E-state index is 0.334. The van der Waals surface area contributed by atoms with Gasteiger partial charge in [0, 0.05) is 4.47 Å². The van der Waals surface area contributed by atoms with Crippen molar-refractivity contribution in [3.63, 3.8) is 0 Å². The first-order valence-electron chi connectivity index (χ1n) is 4.60. The summed E-state index contributed by atoms with van der Waals surface area (Å²) >= 11 is 3.49. The third kappa shape index (κ3) is 2.55. The number of aliphatic hydroxyl groups is 1. The number of hydrogen-bond acceptors (Lipinski definition) is 1. The van der Waals surface area contributed by atoms with Crippen LogP contribution < -0.4 is 0 Å². The molecule has 0 aromatic heterocycles. The minimum atomic E-state index is -0.334. The van der Waals surface area contributed by atoms with Gasteiger partial charge in [0.15, 0.2) is 0 Å². The average molecular weight is 243 g/mol. The predicted octanol–water partition coefficient (Wildman–Crippen LogP) is 3.59. The van der Waals surface area contributed by atoms with Gasteiger partial charge in [-0.3, -0.25) is 0 Å². The third-order valence-corrected chi connectivity index (χ3v) is 3.23. The molecule has 1 aromatic carbocycles. The van der Waals surface area contributed by atoms with Gasteiger partial charge in [0.1, 0.15) is 0 Å². The van der Waals surface area contributed by atoms with E-state index in [1.165, 1.54) is 5.56 Å². The van der Waals surface area contributed by atoms with Gasteiger partial charge in [0.2, 0.25) is 0 Å². The standard InChI is InChI=1S/C11H15BrO/c1-3-5-10(13)9-7-4-6-8(2)11(9)12/h4,6-7,10,13H,3,5H2,1-2H3/t10-/m1/s1. The molecule has 0 fully saturated rings. The fourth-order valence-electron chi connectivity index (χ4n) is 1.36. The lowest BCUT2D eigenvalue weighted by Gasteiger charge is -2.12. The van der Waals surface area contributed by atoms with E-state index in [1.807, 2.05) is 25.1 Å². The summed E-state index contributed by atoms with van der Waals surface area (Å²) in [6.45, 7) is 4.11. The van der Waals surface area contributed by atoms with Crippen molar-refractivity contribution in [1.82, 2.24) is 0 Å². The highest BCUT2D eigenvalue weighted by Gasteiger charge is 2.10. The second kappa shape index (κ2) is 4.77. The van der Waals surface area contributed by atoms with E-state index in [9.17, 15) is 5.11 Å². The van der Waals surface area contributed by atoms with Crippen molar-refractivity contribution in [3.05, 3.63) is 33.8 Å². The summed E-state index contributed by atoms with van der Waals surface area (Å²) in [4.78, 5) is 0. The maximum absolute atomic E-state index is 9.80. The summed E-state index contributed by atoms with van der Waals surface area (Å²) in [6, 6.07) is 5.98. The fraction of sp³-hybridized carbons (Fsp3) is 0.455. The summed E-state index contributed by atoms with van der Waals surface area (Å²) in [5.41, 5.74) is 2.18. The van der Waals surface area contributed by atoms with Crippen LogP contribution in [0, 0.1) is 6.92 Å². The van der Waals surface area contributed by atoms with E-state index in [-0.39, 0.29) is 6.10 Å². The van der Waals surface area contributed by atoms with Gasteiger partial charge in [-0.25, -0.2) is 0 Å². The van der Waals surface area contributed by atoms with E-state index in [1.54, 1.807) is 0 Å². The van der Waals surface area contributed by atoms with Crippen molar-refractivity contribution in [2.45, 2.75) is 32.8 Å². The summed E-state index contributed by atoms with van der Waals surface area (Å²) in [6.07, 6.45) is 1.49. The maximum atomic E-state index is 9.80. The molecular formula is C11H15BrO. The zero-order valence-corrected chi connectivity index (χ0v) is 9.63. The number of rotatable bonds is 3. The second-order valence-electron chi connectivity index (χ2n) is 3.28. The van der Waals surface area contributed by atoms with Crippen LogP contribution in [0.15, 0.2) is 22.7 Å². The highest BCUT2D eigenvalue weighted by molar-refractivity contribution is 9.10. The first-order chi connectivity index (χ1) is 6.16. The number of halogens is 1. The van der Waals surface area contributed by atoms with Crippen LogP contribution in [0.3, 0.4) is 0 Å². The summed E-state index contributed by atoms with van der Waals surface area (Å²) in [5.74, 6) is 0. The van der Waals surface area contributed by atoms with Gasteiger partial charge in [0.05, 0.1) is 6.10 Å². The van der Waals surface area contributed by atoms with Crippen LogP contribution in [-0.2, 0) is 0 Å². The second-order valence-corrected chi connectivity index (χ2v) is 4.08. The Bertz CT molecular complexity index is 283. The van der Waals surface area contributed by atoms with Gasteiger partial charge in [-0.2, -0.15) is 0 Å². The molecule has 0 aliphatic carbocycles. The Kier molecular flexibility index (Phi) is 3.94. The summed E-state index contributed by atoms with van der Waals surface area (Å²) in [7, 11) is 0. The van der Waals surface area contributed by atoms with E-state index in [2.05, 4.69) is 22.9 Å². The van der Waals surface area contributed by atoms with Gasteiger partial charge in [-0.05, 0) is 24.5 Å². The van der Waals surface area contributed by atoms with Crippen molar-refractivity contribution in [2.75, 3.05) is 0 Å². The van der Waals surface area contributed by atoms with Crippen molar-refractivity contribution in [2.24, 2.45) is 0 Å². The van der Waals surface area contributed by atoms with Crippen LogP contribution in [0.25, 0.3) is 0 Å². The largest absolute Gasteiger partial charge is 0.388 e. The first-order valence-corrected chi connectivity index (χ1v) is 5.39. The van der Waals surface area contributed by atoms with Gasteiger partial charge < -0.3 is 5.11 Å². The van der Waals surface area contributed by atoms with E-state index < -0.39 is 0 Å². The monoisotopic (exact) mass is 242 g/mol. The quantitative estimate of drug-likeness (QED) is 0.860. The molecule has 0 saturated heterocycles. The highest BCUT2D eigenvalue weighted by atomic mass is 79.9. The smallest absolute Gasteiger partial charge is 0.0800 e. The van der Waals surface area contributed by atoms with Crippen molar-refractivity contribution < 1.29 is 5.11 Å². The van der Waals surface area contributed by atoms with Gasteiger partial charge >= 0.3 is 0 Å². The van der Waals surface area contributed by atoms with E-state index in [0.717, 1.165) is 22.9 Å². The number of aryl methyl sites for hydroxylation is 1. The van der Waals surface area contributed by atoms with Crippen LogP contribution in [0.5, 0.6) is 0 Å². The molecule has 1 N–H and O–H groups in total. The van der Waals surface area contributed by atoms with Crippen LogP contribution in [0.4, 0.5) is 0 Å². The zero-order chi connectivity index (χ0) is 9.84. The summed E-state index contributed by atoms with van der Waals surface area (Å²) in [5, 5.41) is 9.80. The van der Waals surface area contributed by atoms with Crippen molar-refractivity contribution in [1.29, 1.82) is 0 Å². The number of hydrogen-bond donors (Lipinski definition) is 1. The van der Waals surface area contributed by atoms with E-state index in [0.29, 0.717) is 0 Å². The Hall–Kier alpha value is -0.340. The van der Waals surface area contributed by atoms with Crippen LogP contribution in [0.1, 0.15) is 37.0 Å². The molecule has 0 amide bonds. The fourth-order valence-corrected chi connectivity index (χ4v) is 1.88. The average Bonchev–Trinajstić information content (AvgIpc) is 2.10. The van der Waals surface area contributed by atoms with Crippen LogP contribution in [-0.4, -0.2) is 5.11 Å². The maximum Gasteiger partial charge on any atom is 0.0800 e. The van der Waals surface area contributed by atoms with Crippen LogP contribution in [0.2, 0.25) is 0 Å². The summed E-state index contributed by atoms with van der Waals surface area (Å²) < 4.78 is 1.04. The van der Waals surface area contributed by atoms with Gasteiger partial charge in [-0.1, -0.05) is 47.5 Å². The lowest BCUT2D eigenvalue weighted by molar-refractivity contribution is 0.165. The number of benzene rings is 1. The Morgan fingerprint density at radius 3 is 2.77 bits per heavy atom. The van der Waals surface area contributed by atoms with Gasteiger partial charge in [0.25, 0.3) is 0 Å². The molecule has 72 valence electrons. The molecule has 0 spiro atoms. The molecule has 0 heterocycles. The SMILES string of the molecule is CCC[C@@H](O)c1cccc(C)c1Br. The molecule has 1 atom stereocenters. The molecule has 0 aliphatic heterocycles. The van der Waals surface area contributed by atoms with Crippen molar-refractivity contribution in [3.8, 4) is 0 Å². The normalized spacial score (nSPS) is 12.9. The minimum Gasteiger partial charge on any atom is -0.388 e. The van der Waals surface area contributed by atoms with E-state index >= 15 is 0 Å². The Morgan fingerprint density at radius 2 is 2.15 bits per heavy atom. The molecule has 0 unspecified atom stereocenters. The Balaban J connectivity index is 2.93. The Morgan fingerprint density at radius 1 is 1.46 bits per heavy atom. The van der Waals surface area contributed by atoms with Crippen LogP contribution >= 0.6 is 15.9 Å². The lowest BCUT2D eigenvalue weighted by atomic mass is 10.0. The molecule has 2 heteroatoms. The van der Waals surface area contributed by atoms with E-state index in [4.69, 9.17) is 0 Å². The molecule has 0 aliphatic rings. The molecular weight excluding hydrogens is 228 g/mol. The molecule has 0 saturated carbocycles. The molecule has 1 nitrogen and oxygen atoms in total. The first kappa shape index (κ1) is 10.7. The Labute approximate surface area is 87.9 Å².